The van der Waals surface area contributed by atoms with Crippen LogP contribution in [0, 0.1) is 16.7 Å². The highest BCUT2D eigenvalue weighted by molar-refractivity contribution is 5.31. The van der Waals surface area contributed by atoms with E-state index in [0.29, 0.717) is 18.8 Å². The van der Waals surface area contributed by atoms with Crippen LogP contribution in [0.15, 0.2) is 24.3 Å². The molecule has 2 N–H and O–H groups in total. The fourth-order valence-electron chi connectivity index (χ4n) is 1.21. The number of nitrogens with zero attached hydrogens (tertiary/aromatic N) is 1. The molecule has 0 fully saturated rings. The monoisotopic (exact) mass is 204 g/mol. The summed E-state index contributed by atoms with van der Waals surface area (Å²) in [5.74, 6) is 0.291. The van der Waals surface area contributed by atoms with Gasteiger partial charge < -0.3 is 10.4 Å². The Hall–Kier alpha value is -1.53. The average molecular weight is 204 g/mol. The number of para-hydroxylation sites is 1. The van der Waals surface area contributed by atoms with Crippen LogP contribution in [0.1, 0.15) is 19.4 Å². The highest BCUT2D eigenvalue weighted by Gasteiger charge is 2.15. The molecule has 1 aromatic carbocycles. The van der Waals surface area contributed by atoms with Crippen LogP contribution in [-0.2, 0) is 6.54 Å². The summed E-state index contributed by atoms with van der Waals surface area (Å²) in [6.45, 7) is 4.95. The Morgan fingerprint density at radius 2 is 2.07 bits per heavy atom. The van der Waals surface area contributed by atoms with Gasteiger partial charge in [-0.2, -0.15) is 5.26 Å². The third-order valence-corrected chi connectivity index (χ3v) is 2.18. The highest BCUT2D eigenvalue weighted by Crippen LogP contribution is 2.16. The molecule has 15 heavy (non-hydrogen) atoms. The molecule has 0 amide bonds. The molecule has 0 radical (unpaired) electrons. The third kappa shape index (κ3) is 3.61. The molecule has 0 saturated carbocycles. The zero-order chi connectivity index (χ0) is 11.3. The van der Waals surface area contributed by atoms with E-state index >= 15 is 0 Å². The van der Waals surface area contributed by atoms with E-state index in [1.807, 2.05) is 26.0 Å². The molecule has 1 aromatic rings. The molecule has 0 heterocycles. The lowest BCUT2D eigenvalue weighted by Gasteiger charge is -2.16. The molecule has 0 spiro atoms. The maximum atomic E-state index is 9.49. The molecule has 1 rings (SSSR count). The number of rotatable bonds is 4. The van der Waals surface area contributed by atoms with Crippen molar-refractivity contribution in [1.82, 2.24) is 5.32 Å². The Balaban J connectivity index is 2.46. The van der Waals surface area contributed by atoms with Gasteiger partial charge in [0.15, 0.2) is 0 Å². The first-order valence-electron chi connectivity index (χ1n) is 4.94. The van der Waals surface area contributed by atoms with Crippen molar-refractivity contribution in [3.8, 4) is 11.8 Å². The summed E-state index contributed by atoms with van der Waals surface area (Å²) >= 11 is 0. The van der Waals surface area contributed by atoms with E-state index in [4.69, 9.17) is 5.26 Å². The zero-order valence-electron chi connectivity index (χ0n) is 9.12. The number of nitriles is 1. The Bertz CT molecular complexity index is 366. The van der Waals surface area contributed by atoms with Crippen LogP contribution in [0.2, 0.25) is 0 Å². The second kappa shape index (κ2) is 4.81. The van der Waals surface area contributed by atoms with Gasteiger partial charge >= 0.3 is 0 Å². The lowest BCUT2D eigenvalue weighted by molar-refractivity contribution is 0.433. The van der Waals surface area contributed by atoms with Crippen molar-refractivity contribution < 1.29 is 5.11 Å². The number of benzene rings is 1. The summed E-state index contributed by atoms with van der Waals surface area (Å²) in [5.41, 5.74) is 0.482. The number of aromatic hydroxyl groups is 1. The maximum Gasteiger partial charge on any atom is 0.120 e. The van der Waals surface area contributed by atoms with E-state index in [9.17, 15) is 5.11 Å². The minimum absolute atomic E-state index is 0.291. The summed E-state index contributed by atoms with van der Waals surface area (Å²) in [6, 6.07) is 9.41. The van der Waals surface area contributed by atoms with Gasteiger partial charge in [0.25, 0.3) is 0 Å². The Morgan fingerprint density at radius 3 is 2.67 bits per heavy atom. The highest BCUT2D eigenvalue weighted by atomic mass is 16.3. The van der Waals surface area contributed by atoms with E-state index in [0.717, 1.165) is 5.56 Å². The van der Waals surface area contributed by atoms with E-state index in [2.05, 4.69) is 11.4 Å². The van der Waals surface area contributed by atoms with Crippen LogP contribution in [0.25, 0.3) is 0 Å². The van der Waals surface area contributed by atoms with Gasteiger partial charge in [0.1, 0.15) is 5.75 Å². The number of hydrogen-bond acceptors (Lipinski definition) is 3. The zero-order valence-corrected chi connectivity index (χ0v) is 9.12. The Morgan fingerprint density at radius 1 is 1.40 bits per heavy atom. The number of phenolic OH excluding ortho intramolecular Hbond substituents is 1. The minimum Gasteiger partial charge on any atom is -0.508 e. The van der Waals surface area contributed by atoms with E-state index in [1.54, 1.807) is 12.1 Å². The number of hydrogen-bond donors (Lipinski definition) is 2. The first kappa shape index (κ1) is 11.5. The lowest BCUT2D eigenvalue weighted by Crippen LogP contribution is -2.27. The summed E-state index contributed by atoms with van der Waals surface area (Å²) < 4.78 is 0. The SMILES string of the molecule is CC(C)(C#N)CNCc1ccccc1O. The van der Waals surface area contributed by atoms with Gasteiger partial charge in [-0.1, -0.05) is 18.2 Å². The molecule has 0 aliphatic rings. The van der Waals surface area contributed by atoms with Gasteiger partial charge in [0.05, 0.1) is 11.5 Å². The van der Waals surface area contributed by atoms with Crippen LogP contribution in [0.5, 0.6) is 5.75 Å². The summed E-state index contributed by atoms with van der Waals surface area (Å²) in [5, 5.41) is 21.4. The first-order chi connectivity index (χ1) is 7.05. The predicted molar refractivity (Wildman–Crippen MR) is 59.2 cm³/mol. The van der Waals surface area contributed by atoms with Gasteiger partial charge in [0.2, 0.25) is 0 Å². The fraction of sp³-hybridized carbons (Fsp3) is 0.417. The number of phenols is 1. The van der Waals surface area contributed by atoms with Crippen molar-refractivity contribution in [2.45, 2.75) is 20.4 Å². The summed E-state index contributed by atoms with van der Waals surface area (Å²) in [4.78, 5) is 0. The smallest absolute Gasteiger partial charge is 0.120 e. The summed E-state index contributed by atoms with van der Waals surface area (Å²) in [6.07, 6.45) is 0. The minimum atomic E-state index is -0.371. The third-order valence-electron chi connectivity index (χ3n) is 2.18. The fourth-order valence-corrected chi connectivity index (χ4v) is 1.21. The van der Waals surface area contributed by atoms with Crippen molar-refractivity contribution in [2.24, 2.45) is 5.41 Å². The van der Waals surface area contributed by atoms with Crippen LogP contribution in [0.4, 0.5) is 0 Å². The molecule has 0 saturated heterocycles. The molecule has 0 aliphatic carbocycles. The van der Waals surface area contributed by atoms with Gasteiger partial charge in [-0.15, -0.1) is 0 Å². The van der Waals surface area contributed by atoms with Gasteiger partial charge in [-0.25, -0.2) is 0 Å². The van der Waals surface area contributed by atoms with Gasteiger partial charge in [-0.05, 0) is 19.9 Å². The molecule has 0 unspecified atom stereocenters. The van der Waals surface area contributed by atoms with Crippen molar-refractivity contribution in [3.63, 3.8) is 0 Å². The first-order valence-corrected chi connectivity index (χ1v) is 4.94. The average Bonchev–Trinajstić information content (AvgIpc) is 2.21. The molecular weight excluding hydrogens is 188 g/mol. The normalized spacial score (nSPS) is 11.0. The molecule has 0 bridgehead atoms. The second-order valence-corrected chi connectivity index (χ2v) is 4.23. The van der Waals surface area contributed by atoms with Crippen molar-refractivity contribution >= 4 is 0 Å². The second-order valence-electron chi connectivity index (χ2n) is 4.23. The predicted octanol–water partition coefficient (Wildman–Crippen LogP) is 2.03. The topological polar surface area (TPSA) is 56.0 Å². The quantitative estimate of drug-likeness (QED) is 0.789. The standard InChI is InChI=1S/C12H16N2O/c1-12(2,8-13)9-14-7-10-5-3-4-6-11(10)15/h3-6,14-15H,7,9H2,1-2H3. The maximum absolute atomic E-state index is 9.49. The van der Waals surface area contributed by atoms with Crippen LogP contribution >= 0.6 is 0 Å². The van der Waals surface area contributed by atoms with Crippen molar-refractivity contribution in [3.05, 3.63) is 29.8 Å². The van der Waals surface area contributed by atoms with Crippen LogP contribution in [0.3, 0.4) is 0 Å². The van der Waals surface area contributed by atoms with E-state index in [1.165, 1.54) is 0 Å². The molecule has 3 nitrogen and oxygen atoms in total. The molecule has 3 heteroatoms. The summed E-state index contributed by atoms with van der Waals surface area (Å²) in [7, 11) is 0. The van der Waals surface area contributed by atoms with E-state index < -0.39 is 0 Å². The van der Waals surface area contributed by atoms with Crippen molar-refractivity contribution in [1.29, 1.82) is 5.26 Å². The lowest BCUT2D eigenvalue weighted by atomic mass is 9.96. The molecular formula is C12H16N2O. The van der Waals surface area contributed by atoms with Gasteiger partial charge in [0, 0.05) is 18.7 Å². The molecule has 0 aromatic heterocycles. The van der Waals surface area contributed by atoms with Gasteiger partial charge in [-0.3, -0.25) is 0 Å². The molecule has 0 aliphatic heterocycles. The Kier molecular flexibility index (Phi) is 3.70. The molecule has 80 valence electrons. The van der Waals surface area contributed by atoms with Crippen molar-refractivity contribution in [2.75, 3.05) is 6.54 Å². The largest absolute Gasteiger partial charge is 0.508 e. The van der Waals surface area contributed by atoms with Crippen LogP contribution < -0.4 is 5.32 Å². The van der Waals surface area contributed by atoms with Crippen LogP contribution in [-0.4, -0.2) is 11.7 Å². The molecule has 0 atom stereocenters. The Labute approximate surface area is 90.4 Å². The van der Waals surface area contributed by atoms with E-state index in [-0.39, 0.29) is 5.41 Å². The number of nitrogens with one attached hydrogen (secondary N) is 1.